The van der Waals surface area contributed by atoms with Gasteiger partial charge in [0.2, 0.25) is 0 Å². The van der Waals surface area contributed by atoms with E-state index in [9.17, 15) is 4.79 Å². The Hall–Kier alpha value is -1.78. The van der Waals surface area contributed by atoms with E-state index in [-0.39, 0.29) is 23.0 Å². The lowest BCUT2D eigenvalue weighted by Crippen LogP contribution is -2.62. The number of piperidine rings is 1. The van der Waals surface area contributed by atoms with E-state index in [0.29, 0.717) is 0 Å². The van der Waals surface area contributed by atoms with Gasteiger partial charge in [-0.25, -0.2) is 0 Å². The molecule has 1 fully saturated rings. The molecule has 4 heteroatoms. The fourth-order valence-corrected chi connectivity index (χ4v) is 4.99. The van der Waals surface area contributed by atoms with Crippen LogP contribution < -0.4 is 10.6 Å². The summed E-state index contributed by atoms with van der Waals surface area (Å²) < 4.78 is 0. The molecule has 27 heavy (non-hydrogen) atoms. The predicted octanol–water partition coefficient (Wildman–Crippen LogP) is 5.02. The average Bonchev–Trinajstić information content (AvgIpc) is 2.58. The van der Waals surface area contributed by atoms with Crippen LogP contribution in [0.5, 0.6) is 0 Å². The van der Waals surface area contributed by atoms with Crippen molar-refractivity contribution in [3.05, 3.63) is 65.7 Å². The molecule has 0 bridgehead atoms. The Labute approximate surface area is 167 Å². The molecule has 0 spiro atoms. The van der Waals surface area contributed by atoms with Gasteiger partial charge in [-0.2, -0.15) is 0 Å². The quantitative estimate of drug-likeness (QED) is 0.714. The molecule has 2 aromatic rings. The molecule has 0 aromatic heterocycles. The topological polar surface area (TPSA) is 41.1 Å². The van der Waals surface area contributed by atoms with Gasteiger partial charge >= 0.3 is 0 Å². The molecule has 1 aliphatic rings. The second-order valence-electron chi connectivity index (χ2n) is 8.77. The van der Waals surface area contributed by atoms with E-state index >= 15 is 0 Å². The van der Waals surface area contributed by atoms with Gasteiger partial charge in [0.05, 0.1) is 0 Å². The Morgan fingerprint density at radius 3 is 2.19 bits per heavy atom. The van der Waals surface area contributed by atoms with Crippen molar-refractivity contribution >= 4 is 17.7 Å². The van der Waals surface area contributed by atoms with Crippen molar-refractivity contribution in [3.63, 3.8) is 0 Å². The highest BCUT2D eigenvalue weighted by molar-refractivity contribution is 7.98. The standard InChI is InChI=1S/C23H30N2OS/c1-22(2)14-19(15-23(3,4)25-22)24-21(26)18-10-12-20(13-11-18)27-16-17-8-6-5-7-9-17/h5-13,19,25H,14-16H2,1-4H3,(H,24,26). The van der Waals surface area contributed by atoms with E-state index in [1.54, 1.807) is 11.8 Å². The molecule has 1 amide bonds. The first kappa shape index (κ1) is 20.0. The Kier molecular flexibility index (Phi) is 5.97. The molecule has 0 atom stereocenters. The second-order valence-corrected chi connectivity index (χ2v) is 9.82. The van der Waals surface area contributed by atoms with Crippen LogP contribution in [0, 0.1) is 0 Å². The second kappa shape index (κ2) is 8.07. The van der Waals surface area contributed by atoms with E-state index < -0.39 is 0 Å². The molecule has 3 rings (SSSR count). The van der Waals surface area contributed by atoms with Gasteiger partial charge in [-0.15, -0.1) is 11.8 Å². The molecule has 2 N–H and O–H groups in total. The van der Waals surface area contributed by atoms with Crippen molar-refractivity contribution in [2.45, 2.75) is 68.3 Å². The van der Waals surface area contributed by atoms with Gasteiger partial charge in [0.1, 0.15) is 0 Å². The fourth-order valence-electron chi connectivity index (χ4n) is 4.14. The Morgan fingerprint density at radius 1 is 1.00 bits per heavy atom. The summed E-state index contributed by atoms with van der Waals surface area (Å²) in [6.45, 7) is 8.80. The van der Waals surface area contributed by atoms with Crippen molar-refractivity contribution in [2.24, 2.45) is 0 Å². The van der Waals surface area contributed by atoms with Crippen LogP contribution in [0.4, 0.5) is 0 Å². The molecule has 0 radical (unpaired) electrons. The number of hydrogen-bond donors (Lipinski definition) is 2. The van der Waals surface area contributed by atoms with Gasteiger partial charge in [0, 0.05) is 33.3 Å². The summed E-state index contributed by atoms with van der Waals surface area (Å²) in [5.41, 5.74) is 2.09. The van der Waals surface area contributed by atoms with E-state index in [2.05, 4.69) is 62.6 Å². The largest absolute Gasteiger partial charge is 0.349 e. The van der Waals surface area contributed by atoms with Gasteiger partial charge in [0.15, 0.2) is 0 Å². The number of carbonyl (C=O) groups excluding carboxylic acids is 1. The molecule has 1 aliphatic heterocycles. The van der Waals surface area contributed by atoms with Crippen molar-refractivity contribution in [1.29, 1.82) is 0 Å². The van der Waals surface area contributed by atoms with Crippen LogP contribution in [-0.4, -0.2) is 23.0 Å². The summed E-state index contributed by atoms with van der Waals surface area (Å²) in [7, 11) is 0. The Morgan fingerprint density at radius 2 is 1.59 bits per heavy atom. The number of thioether (sulfide) groups is 1. The third kappa shape index (κ3) is 5.85. The highest BCUT2D eigenvalue weighted by atomic mass is 32.2. The van der Waals surface area contributed by atoms with Gasteiger partial charge in [-0.05, 0) is 70.4 Å². The maximum atomic E-state index is 12.7. The summed E-state index contributed by atoms with van der Waals surface area (Å²) in [5, 5.41) is 6.89. The molecule has 144 valence electrons. The molecular formula is C23H30N2OS. The van der Waals surface area contributed by atoms with E-state index in [1.807, 2.05) is 30.3 Å². The number of amides is 1. The summed E-state index contributed by atoms with van der Waals surface area (Å²) in [5.74, 6) is 0.958. The molecule has 0 unspecified atom stereocenters. The number of hydrogen-bond acceptors (Lipinski definition) is 3. The third-order valence-corrected chi connectivity index (χ3v) is 5.97. The lowest BCUT2D eigenvalue weighted by Gasteiger charge is -2.46. The normalized spacial score (nSPS) is 18.8. The minimum Gasteiger partial charge on any atom is -0.349 e. The first-order valence-electron chi connectivity index (χ1n) is 9.59. The Bertz CT molecular complexity index is 753. The van der Waals surface area contributed by atoms with Crippen LogP contribution >= 0.6 is 11.8 Å². The van der Waals surface area contributed by atoms with Crippen LogP contribution in [-0.2, 0) is 5.75 Å². The molecule has 0 saturated carbocycles. The molecule has 0 aliphatic carbocycles. The zero-order valence-electron chi connectivity index (χ0n) is 16.7. The molecule has 3 nitrogen and oxygen atoms in total. The first-order valence-corrected chi connectivity index (χ1v) is 10.6. The van der Waals surface area contributed by atoms with Gasteiger partial charge in [-0.1, -0.05) is 30.3 Å². The highest BCUT2D eigenvalue weighted by Crippen LogP contribution is 2.29. The first-order chi connectivity index (χ1) is 12.7. The van der Waals surface area contributed by atoms with Crippen molar-refractivity contribution in [1.82, 2.24) is 10.6 Å². The van der Waals surface area contributed by atoms with Gasteiger partial charge < -0.3 is 10.6 Å². The van der Waals surface area contributed by atoms with E-state index in [1.165, 1.54) is 10.5 Å². The van der Waals surface area contributed by atoms with Crippen molar-refractivity contribution in [3.8, 4) is 0 Å². The van der Waals surface area contributed by atoms with Crippen LogP contribution in [0.25, 0.3) is 0 Å². The Balaban J connectivity index is 1.57. The lowest BCUT2D eigenvalue weighted by molar-refractivity contribution is 0.0873. The molecule has 1 saturated heterocycles. The zero-order chi connectivity index (χ0) is 19.5. The van der Waals surface area contributed by atoms with Crippen LogP contribution in [0.3, 0.4) is 0 Å². The smallest absolute Gasteiger partial charge is 0.251 e. The summed E-state index contributed by atoms with van der Waals surface area (Å²) >= 11 is 1.79. The van der Waals surface area contributed by atoms with E-state index in [0.717, 1.165) is 24.2 Å². The van der Waals surface area contributed by atoms with Crippen molar-refractivity contribution < 1.29 is 4.79 Å². The maximum absolute atomic E-state index is 12.7. The fraction of sp³-hybridized carbons (Fsp3) is 0.435. The van der Waals surface area contributed by atoms with Crippen LogP contribution in [0.1, 0.15) is 56.5 Å². The molecule has 2 aromatic carbocycles. The van der Waals surface area contributed by atoms with Gasteiger partial charge in [-0.3, -0.25) is 4.79 Å². The predicted molar refractivity (Wildman–Crippen MR) is 114 cm³/mol. The van der Waals surface area contributed by atoms with Crippen LogP contribution in [0.15, 0.2) is 59.5 Å². The average molecular weight is 383 g/mol. The monoisotopic (exact) mass is 382 g/mol. The number of benzene rings is 2. The highest BCUT2D eigenvalue weighted by Gasteiger charge is 2.38. The zero-order valence-corrected chi connectivity index (χ0v) is 17.5. The minimum atomic E-state index is 0.0214. The van der Waals surface area contributed by atoms with E-state index in [4.69, 9.17) is 0 Å². The summed E-state index contributed by atoms with van der Waals surface area (Å²) in [4.78, 5) is 13.9. The third-order valence-electron chi connectivity index (χ3n) is 4.89. The number of rotatable bonds is 5. The lowest BCUT2D eigenvalue weighted by atomic mass is 9.79. The number of nitrogens with one attached hydrogen (secondary N) is 2. The summed E-state index contributed by atoms with van der Waals surface area (Å²) in [6.07, 6.45) is 1.88. The number of carbonyl (C=O) groups is 1. The molecular weight excluding hydrogens is 352 g/mol. The summed E-state index contributed by atoms with van der Waals surface area (Å²) in [6, 6.07) is 18.6. The SMILES string of the molecule is CC1(C)CC(NC(=O)c2ccc(SCc3ccccc3)cc2)CC(C)(C)N1. The van der Waals surface area contributed by atoms with Crippen molar-refractivity contribution in [2.75, 3.05) is 0 Å². The maximum Gasteiger partial charge on any atom is 0.251 e. The minimum absolute atomic E-state index is 0.0214. The molecule has 1 heterocycles. The van der Waals surface area contributed by atoms with Gasteiger partial charge in [0.25, 0.3) is 5.91 Å². The van der Waals surface area contributed by atoms with Crippen LogP contribution in [0.2, 0.25) is 0 Å².